The summed E-state index contributed by atoms with van der Waals surface area (Å²) < 4.78 is 0. The van der Waals surface area contributed by atoms with E-state index in [1.807, 2.05) is 18.5 Å². The summed E-state index contributed by atoms with van der Waals surface area (Å²) in [5.74, 6) is 1.03. The molecule has 1 aliphatic rings. The Morgan fingerprint density at radius 2 is 2.14 bits per heavy atom. The molecule has 1 aliphatic carbocycles. The molecule has 0 spiro atoms. The Morgan fingerprint density at radius 1 is 1.28 bits per heavy atom. The van der Waals surface area contributed by atoms with Crippen molar-refractivity contribution in [3.05, 3.63) is 60.0 Å². The van der Waals surface area contributed by atoms with E-state index in [1.165, 1.54) is 24.0 Å². The third-order valence-electron chi connectivity index (χ3n) is 5.95. The summed E-state index contributed by atoms with van der Waals surface area (Å²) in [4.78, 5) is 19.1. The van der Waals surface area contributed by atoms with Crippen molar-refractivity contribution in [2.45, 2.75) is 37.6 Å². The smallest absolute Gasteiger partial charge is 0.220 e. The number of likely N-dealkylation sites (N-methyl/N-ethyl adjacent to an activating group) is 1. The number of hydrogen-bond donors (Lipinski definition) is 2. The van der Waals surface area contributed by atoms with Crippen LogP contribution in [0, 0.1) is 5.92 Å². The molecule has 2 N–H and O–H groups in total. The number of amides is 1. The van der Waals surface area contributed by atoms with Crippen LogP contribution in [0.5, 0.6) is 0 Å². The molecule has 6 nitrogen and oxygen atoms in total. The van der Waals surface area contributed by atoms with Crippen LogP contribution in [-0.2, 0) is 11.2 Å². The highest BCUT2D eigenvalue weighted by Gasteiger charge is 2.33. The van der Waals surface area contributed by atoms with Gasteiger partial charge in [0.15, 0.2) is 0 Å². The highest BCUT2D eigenvalue weighted by atomic mass is 16.1. The van der Waals surface area contributed by atoms with Crippen LogP contribution in [0.2, 0.25) is 0 Å². The molecule has 1 amide bonds. The van der Waals surface area contributed by atoms with Gasteiger partial charge in [-0.2, -0.15) is 5.10 Å². The highest BCUT2D eigenvalue weighted by molar-refractivity contribution is 5.78. The summed E-state index contributed by atoms with van der Waals surface area (Å²) in [6.45, 7) is 0.639. The maximum Gasteiger partial charge on any atom is 0.220 e. The summed E-state index contributed by atoms with van der Waals surface area (Å²) in [5, 5.41) is 11.4. The molecule has 1 aromatic carbocycles. The molecule has 29 heavy (non-hydrogen) atoms. The molecule has 152 valence electrons. The van der Waals surface area contributed by atoms with E-state index < -0.39 is 0 Å². The maximum atomic E-state index is 12.7. The molecule has 0 radical (unpaired) electrons. The molecule has 3 aromatic rings. The lowest BCUT2D eigenvalue weighted by Crippen LogP contribution is -2.42. The van der Waals surface area contributed by atoms with Gasteiger partial charge in [-0.15, -0.1) is 0 Å². The van der Waals surface area contributed by atoms with Crippen molar-refractivity contribution in [2.75, 3.05) is 20.6 Å². The van der Waals surface area contributed by atoms with E-state index in [4.69, 9.17) is 0 Å². The first-order valence-corrected chi connectivity index (χ1v) is 10.3. The van der Waals surface area contributed by atoms with Crippen LogP contribution >= 0.6 is 0 Å². The predicted octanol–water partition coefficient (Wildman–Crippen LogP) is 3.13. The van der Waals surface area contributed by atoms with E-state index in [0.29, 0.717) is 18.9 Å². The fourth-order valence-electron chi connectivity index (χ4n) is 3.98. The van der Waals surface area contributed by atoms with Crippen molar-refractivity contribution in [3.8, 4) is 0 Å². The van der Waals surface area contributed by atoms with Gasteiger partial charge < -0.3 is 10.2 Å². The fraction of sp³-hybridized carbons (Fsp3) is 0.435. The number of carbonyl (C=O) groups is 1. The first-order valence-electron chi connectivity index (χ1n) is 10.3. The van der Waals surface area contributed by atoms with Gasteiger partial charge in [-0.05, 0) is 74.5 Å². The number of nitrogens with zero attached hydrogens (tertiary/aromatic N) is 3. The predicted molar refractivity (Wildman–Crippen MR) is 115 cm³/mol. The zero-order valence-electron chi connectivity index (χ0n) is 17.1. The number of aromatic amines is 1. The van der Waals surface area contributed by atoms with Gasteiger partial charge in [0.2, 0.25) is 5.91 Å². The number of aromatic nitrogens is 3. The number of rotatable bonds is 9. The number of benzene rings is 1. The van der Waals surface area contributed by atoms with Gasteiger partial charge in [0.05, 0.1) is 11.7 Å². The Balaban J connectivity index is 1.35. The van der Waals surface area contributed by atoms with Crippen LogP contribution in [0.1, 0.15) is 36.3 Å². The van der Waals surface area contributed by atoms with E-state index in [0.717, 1.165) is 17.3 Å². The van der Waals surface area contributed by atoms with Crippen LogP contribution in [-0.4, -0.2) is 52.7 Å². The monoisotopic (exact) mass is 391 g/mol. The van der Waals surface area contributed by atoms with E-state index in [9.17, 15) is 4.79 Å². The molecule has 4 rings (SSSR count). The van der Waals surface area contributed by atoms with Gasteiger partial charge >= 0.3 is 0 Å². The van der Waals surface area contributed by atoms with Crippen LogP contribution < -0.4 is 5.32 Å². The van der Waals surface area contributed by atoms with Crippen molar-refractivity contribution in [1.82, 2.24) is 25.4 Å². The average molecular weight is 392 g/mol. The summed E-state index contributed by atoms with van der Waals surface area (Å²) in [5.41, 5.74) is 3.48. The molecule has 0 unspecified atom stereocenters. The third kappa shape index (κ3) is 5.01. The van der Waals surface area contributed by atoms with Gasteiger partial charge in [0.25, 0.3) is 0 Å². The normalized spacial score (nSPS) is 16.1. The Hall–Kier alpha value is -2.73. The van der Waals surface area contributed by atoms with Crippen molar-refractivity contribution >= 4 is 16.8 Å². The van der Waals surface area contributed by atoms with Crippen molar-refractivity contribution in [2.24, 2.45) is 5.92 Å². The van der Waals surface area contributed by atoms with Crippen LogP contribution in [0.3, 0.4) is 0 Å². The standard InChI is InChI=1S/C23H29N5O/c1-28(2)20(11-16-5-8-22-19(10-16)14-26-27-22)15-25-23(29)12-21(17-6-7-17)18-4-3-9-24-13-18/h3-5,8-10,13-14,17,20-21H,6-7,11-12,15H2,1-2H3,(H,25,29)(H,26,27)/t20-,21+/m0/s1. The first kappa shape index (κ1) is 19.6. The van der Waals surface area contributed by atoms with Crippen LogP contribution in [0.25, 0.3) is 10.9 Å². The third-order valence-corrected chi connectivity index (χ3v) is 5.95. The Labute approximate surface area is 171 Å². The van der Waals surface area contributed by atoms with E-state index in [1.54, 1.807) is 6.20 Å². The molecule has 2 aromatic heterocycles. The number of hydrogen-bond acceptors (Lipinski definition) is 4. The topological polar surface area (TPSA) is 73.9 Å². The molecule has 2 atom stereocenters. The highest BCUT2D eigenvalue weighted by Crippen LogP contribution is 2.44. The van der Waals surface area contributed by atoms with Crippen molar-refractivity contribution in [3.63, 3.8) is 0 Å². The average Bonchev–Trinajstić information content (AvgIpc) is 3.46. The second kappa shape index (κ2) is 8.74. The lowest BCUT2D eigenvalue weighted by atomic mass is 9.92. The molecule has 6 heteroatoms. The second-order valence-electron chi connectivity index (χ2n) is 8.35. The molecule has 1 fully saturated rings. The van der Waals surface area contributed by atoms with Crippen molar-refractivity contribution < 1.29 is 4.79 Å². The molecular formula is C23H29N5O. The SMILES string of the molecule is CN(C)[C@H](CNC(=O)C[C@@H](c1cccnc1)C1CC1)Cc1ccc2[nH]ncc2c1. The zero-order chi connectivity index (χ0) is 20.2. The minimum absolute atomic E-state index is 0.128. The molecule has 2 heterocycles. The van der Waals surface area contributed by atoms with Gasteiger partial charge in [0, 0.05) is 36.8 Å². The summed E-state index contributed by atoms with van der Waals surface area (Å²) in [6, 6.07) is 10.7. The van der Waals surface area contributed by atoms with Gasteiger partial charge in [-0.25, -0.2) is 0 Å². The first-order chi connectivity index (χ1) is 14.1. The molecule has 0 aliphatic heterocycles. The Bertz CT molecular complexity index is 948. The summed E-state index contributed by atoms with van der Waals surface area (Å²) in [7, 11) is 4.13. The summed E-state index contributed by atoms with van der Waals surface area (Å²) in [6.07, 6.45) is 9.39. The lowest BCUT2D eigenvalue weighted by molar-refractivity contribution is -0.121. The quantitative estimate of drug-likeness (QED) is 0.588. The second-order valence-corrected chi connectivity index (χ2v) is 8.35. The fourth-order valence-corrected chi connectivity index (χ4v) is 3.98. The van der Waals surface area contributed by atoms with Gasteiger partial charge in [-0.1, -0.05) is 12.1 Å². The minimum atomic E-state index is 0.128. The molecule has 0 bridgehead atoms. The number of fused-ring (bicyclic) bond motifs is 1. The summed E-state index contributed by atoms with van der Waals surface area (Å²) >= 11 is 0. The van der Waals surface area contributed by atoms with E-state index >= 15 is 0 Å². The maximum absolute atomic E-state index is 12.7. The molecule has 1 saturated carbocycles. The number of carbonyl (C=O) groups excluding carboxylic acids is 1. The lowest BCUT2D eigenvalue weighted by Gasteiger charge is -2.25. The number of nitrogens with one attached hydrogen (secondary N) is 2. The van der Waals surface area contributed by atoms with Crippen LogP contribution in [0.15, 0.2) is 48.9 Å². The van der Waals surface area contributed by atoms with E-state index in [-0.39, 0.29) is 17.9 Å². The van der Waals surface area contributed by atoms with Gasteiger partial charge in [0.1, 0.15) is 0 Å². The van der Waals surface area contributed by atoms with Crippen LogP contribution in [0.4, 0.5) is 0 Å². The minimum Gasteiger partial charge on any atom is -0.355 e. The van der Waals surface area contributed by atoms with E-state index in [2.05, 4.69) is 63.8 Å². The molecule has 0 saturated heterocycles. The van der Waals surface area contributed by atoms with Crippen molar-refractivity contribution in [1.29, 1.82) is 0 Å². The number of pyridine rings is 1. The molecular weight excluding hydrogens is 362 g/mol. The Kier molecular flexibility index (Phi) is 5.90. The zero-order valence-corrected chi connectivity index (χ0v) is 17.1. The number of H-pyrrole nitrogens is 1. The Morgan fingerprint density at radius 3 is 2.86 bits per heavy atom. The van der Waals surface area contributed by atoms with Gasteiger partial charge in [-0.3, -0.25) is 14.9 Å². The largest absolute Gasteiger partial charge is 0.355 e.